The average Bonchev–Trinajstić information content (AvgIpc) is 2.97. The Hall–Kier alpha value is -2.20. The number of amides is 1. The molecule has 10 nitrogen and oxygen atoms in total. The van der Waals surface area contributed by atoms with Crippen LogP contribution >= 0.6 is 0 Å². The highest BCUT2D eigenvalue weighted by molar-refractivity contribution is 5.86. The first-order chi connectivity index (χ1) is 12.1. The SMILES string of the molecule is CC(C)(C)OC(=O)N1CCC(c2c(C(=O)O)nnn2CC(O)CO)CC1. The lowest BCUT2D eigenvalue weighted by atomic mass is 9.92. The minimum absolute atomic E-state index is 0.0433. The Morgan fingerprint density at radius 1 is 1.31 bits per heavy atom. The molecule has 2 heterocycles. The zero-order chi connectivity index (χ0) is 19.5. The highest BCUT2D eigenvalue weighted by atomic mass is 16.6. The highest BCUT2D eigenvalue weighted by Gasteiger charge is 2.32. The number of carbonyl (C=O) groups excluding carboxylic acids is 1. The second kappa shape index (κ2) is 8.00. The van der Waals surface area contributed by atoms with Gasteiger partial charge in [-0.3, -0.25) is 0 Å². The normalized spacial score (nSPS) is 17.2. The van der Waals surface area contributed by atoms with Gasteiger partial charge < -0.3 is 25.0 Å². The maximum absolute atomic E-state index is 12.2. The number of hydrogen-bond acceptors (Lipinski definition) is 7. The molecule has 10 heteroatoms. The van der Waals surface area contributed by atoms with Gasteiger partial charge in [0.05, 0.1) is 24.9 Å². The number of ether oxygens (including phenoxy) is 1. The molecule has 2 rings (SSSR count). The fraction of sp³-hybridized carbons (Fsp3) is 0.750. The summed E-state index contributed by atoms with van der Waals surface area (Å²) in [4.78, 5) is 25.2. The first kappa shape index (κ1) is 20.1. The minimum atomic E-state index is -1.20. The largest absolute Gasteiger partial charge is 0.476 e. The van der Waals surface area contributed by atoms with Crippen LogP contribution in [-0.2, 0) is 11.3 Å². The zero-order valence-corrected chi connectivity index (χ0v) is 15.3. The zero-order valence-electron chi connectivity index (χ0n) is 15.3. The van der Waals surface area contributed by atoms with E-state index >= 15 is 0 Å². The molecular weight excluding hydrogens is 344 g/mol. The number of carbonyl (C=O) groups is 2. The van der Waals surface area contributed by atoms with Crippen molar-refractivity contribution in [1.82, 2.24) is 19.9 Å². The maximum atomic E-state index is 12.2. The molecular formula is C16H26N4O6. The Morgan fingerprint density at radius 2 is 1.92 bits per heavy atom. The number of rotatable bonds is 5. The van der Waals surface area contributed by atoms with E-state index in [1.54, 1.807) is 25.7 Å². The molecule has 1 atom stereocenters. The minimum Gasteiger partial charge on any atom is -0.476 e. The Morgan fingerprint density at radius 3 is 2.42 bits per heavy atom. The summed E-state index contributed by atoms with van der Waals surface area (Å²) in [6.45, 7) is 5.74. The van der Waals surface area contributed by atoms with Crippen LogP contribution in [0.5, 0.6) is 0 Å². The lowest BCUT2D eigenvalue weighted by Gasteiger charge is -2.33. The fourth-order valence-corrected chi connectivity index (χ4v) is 2.93. The molecule has 26 heavy (non-hydrogen) atoms. The van der Waals surface area contributed by atoms with Crippen molar-refractivity contribution in [2.75, 3.05) is 19.7 Å². The Labute approximate surface area is 151 Å². The summed E-state index contributed by atoms with van der Waals surface area (Å²) in [7, 11) is 0. The second-order valence-corrected chi connectivity index (χ2v) is 7.39. The molecule has 1 unspecified atom stereocenters. The van der Waals surface area contributed by atoms with Crippen LogP contribution in [0, 0.1) is 0 Å². The molecule has 0 radical (unpaired) electrons. The van der Waals surface area contributed by atoms with Crippen LogP contribution in [0.1, 0.15) is 55.7 Å². The predicted octanol–water partition coefficient (Wildman–Crippen LogP) is 0.444. The van der Waals surface area contributed by atoms with Gasteiger partial charge in [-0.2, -0.15) is 0 Å². The monoisotopic (exact) mass is 370 g/mol. The van der Waals surface area contributed by atoms with Crippen LogP contribution in [0.2, 0.25) is 0 Å². The van der Waals surface area contributed by atoms with Crippen molar-refractivity contribution in [3.63, 3.8) is 0 Å². The fourth-order valence-electron chi connectivity index (χ4n) is 2.93. The molecule has 0 aromatic carbocycles. The summed E-state index contributed by atoms with van der Waals surface area (Å²) in [6, 6.07) is 0. The van der Waals surface area contributed by atoms with Gasteiger partial charge in [0, 0.05) is 19.0 Å². The number of hydrogen-bond donors (Lipinski definition) is 3. The summed E-state index contributed by atoms with van der Waals surface area (Å²) in [6.07, 6.45) is -0.389. The van der Waals surface area contributed by atoms with Crippen molar-refractivity contribution in [3.8, 4) is 0 Å². The van der Waals surface area contributed by atoms with Crippen molar-refractivity contribution >= 4 is 12.1 Å². The number of aliphatic hydroxyl groups is 2. The predicted molar refractivity (Wildman–Crippen MR) is 89.9 cm³/mol. The number of piperidine rings is 1. The standard InChI is InChI=1S/C16H26N4O6/c1-16(2,3)26-15(25)19-6-4-10(5-7-19)13-12(14(23)24)17-18-20(13)8-11(22)9-21/h10-11,21-22H,4-9H2,1-3H3,(H,23,24). The molecule has 146 valence electrons. The van der Waals surface area contributed by atoms with Gasteiger partial charge in [0.1, 0.15) is 5.60 Å². The van der Waals surface area contributed by atoms with E-state index in [4.69, 9.17) is 9.84 Å². The molecule has 3 N–H and O–H groups in total. The molecule has 1 saturated heterocycles. The van der Waals surface area contributed by atoms with Gasteiger partial charge in [0.15, 0.2) is 5.69 Å². The summed E-state index contributed by atoms with van der Waals surface area (Å²) in [5.74, 6) is -1.36. The molecule has 0 aliphatic carbocycles. The quantitative estimate of drug-likeness (QED) is 0.679. The van der Waals surface area contributed by atoms with Gasteiger partial charge in [-0.15, -0.1) is 5.10 Å². The third-order valence-electron chi connectivity index (χ3n) is 4.10. The lowest BCUT2D eigenvalue weighted by Crippen LogP contribution is -2.41. The van der Waals surface area contributed by atoms with E-state index in [9.17, 15) is 19.8 Å². The third kappa shape index (κ3) is 4.92. The highest BCUT2D eigenvalue weighted by Crippen LogP contribution is 2.30. The van der Waals surface area contributed by atoms with E-state index in [-0.39, 0.29) is 18.2 Å². The van der Waals surface area contributed by atoms with E-state index in [2.05, 4.69) is 10.3 Å². The Bertz CT molecular complexity index is 646. The first-order valence-electron chi connectivity index (χ1n) is 8.56. The van der Waals surface area contributed by atoms with Crippen molar-refractivity contribution < 1.29 is 29.6 Å². The molecule has 1 fully saturated rings. The van der Waals surface area contributed by atoms with Crippen LogP contribution in [-0.4, -0.2) is 78.7 Å². The Balaban J connectivity index is 2.11. The van der Waals surface area contributed by atoms with E-state index < -0.39 is 30.4 Å². The number of likely N-dealkylation sites (tertiary alicyclic amines) is 1. The smallest absolute Gasteiger partial charge is 0.410 e. The van der Waals surface area contributed by atoms with Crippen LogP contribution in [0.25, 0.3) is 0 Å². The lowest BCUT2D eigenvalue weighted by molar-refractivity contribution is 0.0201. The van der Waals surface area contributed by atoms with Gasteiger partial charge in [-0.25, -0.2) is 14.3 Å². The van der Waals surface area contributed by atoms with Crippen LogP contribution in [0.15, 0.2) is 0 Å². The summed E-state index contributed by atoms with van der Waals surface area (Å²) in [5, 5.41) is 35.5. The van der Waals surface area contributed by atoms with E-state index in [1.165, 1.54) is 4.68 Å². The summed E-state index contributed by atoms with van der Waals surface area (Å²) >= 11 is 0. The number of carboxylic acids is 1. The average molecular weight is 370 g/mol. The van der Waals surface area contributed by atoms with Gasteiger partial charge in [0.2, 0.25) is 0 Å². The molecule has 0 spiro atoms. The van der Waals surface area contributed by atoms with Crippen molar-refractivity contribution in [3.05, 3.63) is 11.4 Å². The molecule has 1 amide bonds. The first-order valence-corrected chi connectivity index (χ1v) is 8.56. The number of nitrogens with zero attached hydrogens (tertiary/aromatic N) is 4. The van der Waals surface area contributed by atoms with E-state index in [0.29, 0.717) is 31.6 Å². The molecule has 1 aromatic heterocycles. The van der Waals surface area contributed by atoms with Crippen molar-refractivity contribution in [2.24, 2.45) is 0 Å². The van der Waals surface area contributed by atoms with Gasteiger partial charge in [0.25, 0.3) is 0 Å². The number of aromatic nitrogens is 3. The number of aliphatic hydroxyl groups excluding tert-OH is 2. The summed E-state index contributed by atoms with van der Waals surface area (Å²) in [5.41, 5.74) is -0.326. The number of aromatic carboxylic acids is 1. The third-order valence-corrected chi connectivity index (χ3v) is 4.10. The molecule has 0 saturated carbocycles. The van der Waals surface area contributed by atoms with Crippen LogP contribution < -0.4 is 0 Å². The van der Waals surface area contributed by atoms with Gasteiger partial charge in [-0.05, 0) is 33.6 Å². The van der Waals surface area contributed by atoms with Gasteiger partial charge in [-0.1, -0.05) is 5.21 Å². The molecule has 1 aromatic rings. The van der Waals surface area contributed by atoms with E-state index in [0.717, 1.165) is 0 Å². The van der Waals surface area contributed by atoms with Crippen LogP contribution in [0.4, 0.5) is 4.79 Å². The summed E-state index contributed by atoms with van der Waals surface area (Å²) < 4.78 is 6.69. The molecule has 0 bridgehead atoms. The van der Waals surface area contributed by atoms with E-state index in [1.807, 2.05) is 0 Å². The second-order valence-electron chi connectivity index (χ2n) is 7.39. The maximum Gasteiger partial charge on any atom is 0.410 e. The van der Waals surface area contributed by atoms with Gasteiger partial charge >= 0.3 is 12.1 Å². The topological polar surface area (TPSA) is 138 Å². The van der Waals surface area contributed by atoms with Crippen molar-refractivity contribution in [2.45, 2.75) is 57.8 Å². The molecule has 1 aliphatic rings. The van der Waals surface area contributed by atoms with Crippen molar-refractivity contribution in [1.29, 1.82) is 0 Å². The number of carboxylic acid groups (broad SMARTS) is 1. The Kier molecular flexibility index (Phi) is 6.19. The molecule has 1 aliphatic heterocycles. The van der Waals surface area contributed by atoms with Crippen LogP contribution in [0.3, 0.4) is 0 Å².